The van der Waals surface area contributed by atoms with Gasteiger partial charge in [-0.2, -0.15) is 0 Å². The van der Waals surface area contributed by atoms with Crippen molar-refractivity contribution in [2.24, 2.45) is 5.73 Å². The van der Waals surface area contributed by atoms with Gasteiger partial charge in [-0.25, -0.2) is 4.98 Å². The molecule has 1 aromatic rings. The highest BCUT2D eigenvalue weighted by atomic mass is 16.2. The number of hydrogen-bond donors (Lipinski definition) is 3. The lowest BCUT2D eigenvalue weighted by Crippen LogP contribution is -2.36. The minimum Gasteiger partial charge on any atom is -0.370 e. The number of nitrogens with one attached hydrogen (secondary N) is 2. The van der Waals surface area contributed by atoms with E-state index in [1.54, 1.807) is 13.8 Å². The summed E-state index contributed by atoms with van der Waals surface area (Å²) in [6.45, 7) is 3.37. The van der Waals surface area contributed by atoms with Gasteiger partial charge in [-0.05, 0) is 13.8 Å². The summed E-state index contributed by atoms with van der Waals surface area (Å²) in [5, 5.41) is 8.79. The number of aryl methyl sites for hydroxylation is 1. The van der Waals surface area contributed by atoms with Crippen LogP contribution in [0.15, 0.2) is 0 Å². The van der Waals surface area contributed by atoms with Crippen molar-refractivity contribution >= 4 is 11.8 Å². The molecule has 0 aromatic carbocycles. The molecule has 0 aliphatic carbocycles. The van der Waals surface area contributed by atoms with Crippen molar-refractivity contribution in [3.8, 4) is 0 Å². The molecule has 1 heterocycles. The lowest BCUT2D eigenvalue weighted by atomic mass is 10.2. The van der Waals surface area contributed by atoms with Crippen LogP contribution >= 0.6 is 0 Å². The SMILES string of the molecule is Cc1nc(C(=O)NC(C)CC(N)=O)n[nH]1. The predicted octanol–water partition coefficient (Wildman–Crippen LogP) is -0.893. The quantitative estimate of drug-likeness (QED) is 0.599. The molecule has 82 valence electrons. The first-order valence-corrected chi connectivity index (χ1v) is 4.47. The number of hydrogen-bond acceptors (Lipinski definition) is 4. The van der Waals surface area contributed by atoms with Gasteiger partial charge < -0.3 is 11.1 Å². The molecular weight excluding hydrogens is 198 g/mol. The van der Waals surface area contributed by atoms with Gasteiger partial charge >= 0.3 is 0 Å². The number of nitrogens with zero attached hydrogens (tertiary/aromatic N) is 2. The summed E-state index contributed by atoms with van der Waals surface area (Å²) in [6, 6.07) is -0.325. The molecule has 1 atom stereocenters. The minimum atomic E-state index is -0.464. The van der Waals surface area contributed by atoms with E-state index < -0.39 is 11.8 Å². The summed E-state index contributed by atoms with van der Waals surface area (Å²) in [7, 11) is 0. The summed E-state index contributed by atoms with van der Waals surface area (Å²) < 4.78 is 0. The maximum absolute atomic E-state index is 11.4. The molecule has 1 rings (SSSR count). The largest absolute Gasteiger partial charge is 0.370 e. The Balaban J connectivity index is 2.52. The molecular formula is C8H13N5O2. The molecule has 7 nitrogen and oxygen atoms in total. The molecule has 0 saturated carbocycles. The number of carbonyl (C=O) groups is 2. The number of primary amides is 1. The van der Waals surface area contributed by atoms with Crippen molar-refractivity contribution in [2.75, 3.05) is 0 Å². The van der Waals surface area contributed by atoms with Crippen molar-refractivity contribution < 1.29 is 9.59 Å². The second-order valence-corrected chi connectivity index (χ2v) is 3.29. The van der Waals surface area contributed by atoms with Gasteiger partial charge in [0.1, 0.15) is 5.82 Å². The highest BCUT2D eigenvalue weighted by Crippen LogP contribution is 1.94. The highest BCUT2D eigenvalue weighted by molar-refractivity contribution is 5.90. The smallest absolute Gasteiger partial charge is 0.291 e. The fourth-order valence-corrected chi connectivity index (χ4v) is 1.09. The van der Waals surface area contributed by atoms with Gasteiger partial charge in [0.15, 0.2) is 0 Å². The fraction of sp³-hybridized carbons (Fsp3) is 0.500. The normalized spacial score (nSPS) is 12.1. The van der Waals surface area contributed by atoms with Gasteiger partial charge in [0, 0.05) is 12.5 Å². The van der Waals surface area contributed by atoms with Crippen LogP contribution in [-0.4, -0.2) is 33.0 Å². The van der Waals surface area contributed by atoms with Gasteiger partial charge in [-0.1, -0.05) is 0 Å². The maximum Gasteiger partial charge on any atom is 0.291 e. The summed E-state index contributed by atoms with van der Waals surface area (Å²) >= 11 is 0. The van der Waals surface area contributed by atoms with Crippen molar-refractivity contribution in [2.45, 2.75) is 26.3 Å². The molecule has 0 aliphatic heterocycles. The Morgan fingerprint density at radius 3 is 2.73 bits per heavy atom. The first kappa shape index (κ1) is 11.2. The van der Waals surface area contributed by atoms with E-state index in [0.29, 0.717) is 5.82 Å². The monoisotopic (exact) mass is 211 g/mol. The third kappa shape index (κ3) is 3.37. The van der Waals surface area contributed by atoms with Crippen LogP contribution in [0.25, 0.3) is 0 Å². The molecule has 1 unspecified atom stereocenters. The topological polar surface area (TPSA) is 114 Å². The molecule has 0 fully saturated rings. The highest BCUT2D eigenvalue weighted by Gasteiger charge is 2.14. The van der Waals surface area contributed by atoms with Crippen LogP contribution in [0.5, 0.6) is 0 Å². The zero-order valence-electron chi connectivity index (χ0n) is 8.57. The van der Waals surface area contributed by atoms with E-state index in [9.17, 15) is 9.59 Å². The average molecular weight is 211 g/mol. The molecule has 7 heteroatoms. The van der Waals surface area contributed by atoms with Crippen LogP contribution in [0, 0.1) is 6.92 Å². The predicted molar refractivity (Wildman–Crippen MR) is 51.9 cm³/mol. The Morgan fingerprint density at radius 1 is 1.60 bits per heavy atom. The number of nitrogens with two attached hydrogens (primary N) is 1. The van der Waals surface area contributed by atoms with Gasteiger partial charge in [0.2, 0.25) is 11.7 Å². The molecule has 1 aromatic heterocycles. The lowest BCUT2D eigenvalue weighted by molar-refractivity contribution is -0.118. The Morgan fingerprint density at radius 2 is 2.27 bits per heavy atom. The van der Waals surface area contributed by atoms with E-state index in [2.05, 4.69) is 20.5 Å². The van der Waals surface area contributed by atoms with E-state index in [-0.39, 0.29) is 18.3 Å². The van der Waals surface area contributed by atoms with E-state index in [1.165, 1.54) is 0 Å². The molecule has 0 bridgehead atoms. The second-order valence-electron chi connectivity index (χ2n) is 3.29. The standard InChI is InChI=1S/C8H13N5O2/c1-4(3-6(9)14)10-8(15)7-11-5(2)12-13-7/h4H,3H2,1-2H3,(H2,9,14)(H,10,15)(H,11,12,13). The Labute approximate surface area is 86.5 Å². The van der Waals surface area contributed by atoms with Gasteiger partial charge in [0.05, 0.1) is 0 Å². The first-order valence-electron chi connectivity index (χ1n) is 4.47. The van der Waals surface area contributed by atoms with Gasteiger partial charge in [-0.15, -0.1) is 5.10 Å². The number of aromatic amines is 1. The van der Waals surface area contributed by atoms with E-state index in [0.717, 1.165) is 0 Å². The van der Waals surface area contributed by atoms with E-state index in [1.807, 2.05) is 0 Å². The molecule has 2 amide bonds. The summed E-state index contributed by atoms with van der Waals surface area (Å²) in [5.74, 6) is -0.270. The maximum atomic E-state index is 11.4. The van der Waals surface area contributed by atoms with E-state index >= 15 is 0 Å². The second kappa shape index (κ2) is 4.54. The molecule has 0 spiro atoms. The van der Waals surface area contributed by atoms with Gasteiger partial charge in [-0.3, -0.25) is 14.7 Å². The molecule has 15 heavy (non-hydrogen) atoms. The van der Waals surface area contributed by atoms with Gasteiger partial charge in [0.25, 0.3) is 5.91 Å². The molecule has 4 N–H and O–H groups in total. The zero-order chi connectivity index (χ0) is 11.4. The first-order chi connectivity index (χ1) is 6.99. The van der Waals surface area contributed by atoms with Crippen LogP contribution < -0.4 is 11.1 Å². The van der Waals surface area contributed by atoms with E-state index in [4.69, 9.17) is 5.73 Å². The number of rotatable bonds is 4. The van der Waals surface area contributed by atoms with Crippen molar-refractivity contribution in [1.82, 2.24) is 20.5 Å². The number of amides is 2. The fourth-order valence-electron chi connectivity index (χ4n) is 1.09. The average Bonchev–Trinajstić information content (AvgIpc) is 2.49. The Kier molecular flexibility index (Phi) is 3.37. The number of H-pyrrole nitrogens is 1. The Hall–Kier alpha value is -1.92. The third-order valence-corrected chi connectivity index (χ3v) is 1.69. The Bertz CT molecular complexity index is 373. The van der Waals surface area contributed by atoms with Crippen molar-refractivity contribution in [1.29, 1.82) is 0 Å². The van der Waals surface area contributed by atoms with Crippen LogP contribution in [0.2, 0.25) is 0 Å². The van der Waals surface area contributed by atoms with Crippen LogP contribution in [-0.2, 0) is 4.79 Å². The molecule has 0 radical (unpaired) electrons. The van der Waals surface area contributed by atoms with Crippen LogP contribution in [0.1, 0.15) is 29.8 Å². The third-order valence-electron chi connectivity index (χ3n) is 1.69. The zero-order valence-corrected chi connectivity index (χ0v) is 8.57. The lowest BCUT2D eigenvalue weighted by Gasteiger charge is -2.09. The summed E-state index contributed by atoms with van der Waals surface area (Å²) in [6.07, 6.45) is 0.0924. The van der Waals surface area contributed by atoms with Crippen LogP contribution in [0.3, 0.4) is 0 Å². The number of carbonyl (C=O) groups excluding carboxylic acids is 2. The minimum absolute atomic E-state index is 0.0591. The number of aromatic nitrogens is 3. The molecule has 0 saturated heterocycles. The molecule has 0 aliphatic rings. The van der Waals surface area contributed by atoms with Crippen molar-refractivity contribution in [3.05, 3.63) is 11.6 Å². The van der Waals surface area contributed by atoms with Crippen LogP contribution in [0.4, 0.5) is 0 Å². The summed E-state index contributed by atoms with van der Waals surface area (Å²) in [4.78, 5) is 25.9. The van der Waals surface area contributed by atoms with Crippen molar-refractivity contribution in [3.63, 3.8) is 0 Å². The summed E-state index contributed by atoms with van der Waals surface area (Å²) in [5.41, 5.74) is 4.98.